The maximum Gasteiger partial charge on any atom is 0.277 e. The summed E-state index contributed by atoms with van der Waals surface area (Å²) in [5.74, 6) is -0.973. The molecule has 0 spiro atoms. The number of hydrogen-bond donors (Lipinski definition) is 3. The fourth-order valence-corrected chi connectivity index (χ4v) is 2.22. The van der Waals surface area contributed by atoms with Gasteiger partial charge in [0.1, 0.15) is 5.75 Å². The lowest BCUT2D eigenvalue weighted by Gasteiger charge is -2.11. The molecule has 0 fully saturated rings. The van der Waals surface area contributed by atoms with Gasteiger partial charge in [0.25, 0.3) is 17.3 Å². The molecule has 11 heteroatoms. The average molecular weight is 376 g/mol. The molecule has 2 aromatic carbocycles. The number of carbonyl (C=O) groups is 1. The molecule has 0 saturated carbocycles. The first-order chi connectivity index (χ1) is 12.2. The number of aryl methyl sites for hydroxylation is 1. The zero-order valence-electron chi connectivity index (χ0n) is 13.3. The maximum atomic E-state index is 12.2. The Bertz CT molecular complexity index is 898. The van der Waals surface area contributed by atoms with Gasteiger partial charge in [-0.1, -0.05) is 6.07 Å². The van der Waals surface area contributed by atoms with Gasteiger partial charge in [-0.25, -0.2) is 0 Å². The summed E-state index contributed by atoms with van der Waals surface area (Å²) in [6.45, 7) is 1.79. The molecule has 0 aromatic heterocycles. The second-order valence-electron chi connectivity index (χ2n) is 5.18. The summed E-state index contributed by atoms with van der Waals surface area (Å²) < 4.78 is 0. The Labute approximate surface area is 151 Å². The number of non-ortho nitro benzene ring substituents is 2. The number of rotatable bonds is 4. The van der Waals surface area contributed by atoms with Gasteiger partial charge < -0.3 is 10.4 Å². The minimum absolute atomic E-state index is 0.0989. The van der Waals surface area contributed by atoms with Crippen molar-refractivity contribution in [2.24, 2.45) is 0 Å². The summed E-state index contributed by atoms with van der Waals surface area (Å²) in [6, 6.07) is 7.24. The van der Waals surface area contributed by atoms with Crippen LogP contribution in [0.1, 0.15) is 15.9 Å². The van der Waals surface area contributed by atoms with E-state index in [0.717, 1.165) is 23.8 Å². The van der Waals surface area contributed by atoms with Crippen molar-refractivity contribution in [1.82, 2.24) is 5.32 Å². The van der Waals surface area contributed by atoms with Crippen molar-refractivity contribution in [2.75, 3.05) is 5.32 Å². The lowest BCUT2D eigenvalue weighted by molar-refractivity contribution is -0.394. The van der Waals surface area contributed by atoms with Gasteiger partial charge in [0.05, 0.1) is 27.2 Å². The van der Waals surface area contributed by atoms with E-state index in [9.17, 15) is 30.1 Å². The van der Waals surface area contributed by atoms with Gasteiger partial charge >= 0.3 is 0 Å². The Morgan fingerprint density at radius 1 is 1.08 bits per heavy atom. The molecule has 0 heterocycles. The topological polar surface area (TPSA) is 148 Å². The lowest BCUT2D eigenvalue weighted by atomic mass is 10.1. The molecule has 3 N–H and O–H groups in total. The van der Waals surface area contributed by atoms with Crippen LogP contribution in [0.15, 0.2) is 36.4 Å². The molecule has 134 valence electrons. The number of thiocarbonyl (C=S) groups is 1. The molecule has 0 saturated heterocycles. The van der Waals surface area contributed by atoms with Gasteiger partial charge in [-0.15, -0.1) is 0 Å². The van der Waals surface area contributed by atoms with Crippen molar-refractivity contribution in [2.45, 2.75) is 6.92 Å². The Balaban J connectivity index is 2.21. The molecule has 1 amide bonds. The van der Waals surface area contributed by atoms with Crippen molar-refractivity contribution in [1.29, 1.82) is 0 Å². The minimum atomic E-state index is -0.874. The highest BCUT2D eigenvalue weighted by Crippen LogP contribution is 2.24. The highest BCUT2D eigenvalue weighted by molar-refractivity contribution is 7.80. The fourth-order valence-electron chi connectivity index (χ4n) is 2.02. The first-order valence-corrected chi connectivity index (χ1v) is 7.44. The number of nitro benzene ring substituents is 2. The van der Waals surface area contributed by atoms with Crippen LogP contribution >= 0.6 is 12.2 Å². The first kappa shape index (κ1) is 18.7. The maximum absolute atomic E-state index is 12.2. The van der Waals surface area contributed by atoms with Crippen LogP contribution in [0, 0.1) is 27.2 Å². The third-order valence-electron chi connectivity index (χ3n) is 3.21. The number of hydrogen-bond acceptors (Lipinski definition) is 7. The Morgan fingerprint density at radius 3 is 2.19 bits per heavy atom. The minimum Gasteiger partial charge on any atom is -0.506 e. The van der Waals surface area contributed by atoms with E-state index in [1.807, 2.05) is 0 Å². The second-order valence-corrected chi connectivity index (χ2v) is 5.59. The molecule has 2 aromatic rings. The molecule has 26 heavy (non-hydrogen) atoms. The van der Waals surface area contributed by atoms with Crippen LogP contribution in [0.2, 0.25) is 0 Å². The van der Waals surface area contributed by atoms with E-state index in [1.165, 1.54) is 6.07 Å². The number of amides is 1. The summed E-state index contributed by atoms with van der Waals surface area (Å²) in [7, 11) is 0. The van der Waals surface area contributed by atoms with Gasteiger partial charge in [0.2, 0.25) is 0 Å². The molecule has 0 aliphatic rings. The van der Waals surface area contributed by atoms with E-state index in [4.69, 9.17) is 12.2 Å². The summed E-state index contributed by atoms with van der Waals surface area (Å²) >= 11 is 4.96. The first-order valence-electron chi connectivity index (χ1n) is 7.03. The number of nitrogens with zero attached hydrogens (tertiary/aromatic N) is 2. The van der Waals surface area contributed by atoms with Crippen molar-refractivity contribution < 1.29 is 19.7 Å². The SMILES string of the molecule is Cc1ccc(O)c(NC(=S)NC(=O)c2cc([N+](=O)[O-])cc([N+](=O)[O-])c2)c1. The average Bonchev–Trinajstić information content (AvgIpc) is 2.57. The smallest absolute Gasteiger partial charge is 0.277 e. The number of nitrogens with one attached hydrogen (secondary N) is 2. The molecule has 0 radical (unpaired) electrons. The van der Waals surface area contributed by atoms with Crippen molar-refractivity contribution in [3.05, 3.63) is 67.8 Å². The fraction of sp³-hybridized carbons (Fsp3) is 0.0667. The molecular weight excluding hydrogens is 364 g/mol. The monoisotopic (exact) mass is 376 g/mol. The number of nitro groups is 2. The molecule has 2 rings (SSSR count). The molecule has 0 aliphatic carbocycles. The van der Waals surface area contributed by atoms with Crippen LogP contribution < -0.4 is 10.6 Å². The Morgan fingerprint density at radius 2 is 1.65 bits per heavy atom. The predicted molar refractivity (Wildman–Crippen MR) is 96.3 cm³/mol. The van der Waals surface area contributed by atoms with Crippen LogP contribution in [0.3, 0.4) is 0 Å². The number of carbonyl (C=O) groups excluding carboxylic acids is 1. The Hall–Kier alpha value is -3.60. The number of phenols is 1. The lowest BCUT2D eigenvalue weighted by Crippen LogP contribution is -2.34. The van der Waals surface area contributed by atoms with E-state index in [-0.39, 0.29) is 22.1 Å². The largest absolute Gasteiger partial charge is 0.506 e. The normalized spacial score (nSPS) is 10.0. The molecule has 0 unspecified atom stereocenters. The summed E-state index contributed by atoms with van der Waals surface area (Å²) in [4.78, 5) is 32.3. The third-order valence-corrected chi connectivity index (χ3v) is 3.42. The van der Waals surface area contributed by atoms with Gasteiger partial charge in [-0.05, 0) is 36.8 Å². The van der Waals surface area contributed by atoms with E-state index >= 15 is 0 Å². The summed E-state index contributed by atoms with van der Waals surface area (Å²) in [6.07, 6.45) is 0. The van der Waals surface area contributed by atoms with Gasteiger partial charge in [-0.3, -0.25) is 30.3 Å². The van der Waals surface area contributed by atoms with Crippen LogP contribution in [0.4, 0.5) is 17.1 Å². The number of benzene rings is 2. The summed E-state index contributed by atoms with van der Waals surface area (Å²) in [5, 5.41) is 36.1. The van der Waals surface area contributed by atoms with Crippen molar-refractivity contribution in [3.8, 4) is 5.75 Å². The van der Waals surface area contributed by atoms with Crippen LogP contribution in [-0.2, 0) is 0 Å². The van der Waals surface area contributed by atoms with Crippen LogP contribution in [0.25, 0.3) is 0 Å². The highest BCUT2D eigenvalue weighted by Gasteiger charge is 2.20. The van der Waals surface area contributed by atoms with Gasteiger partial charge in [0, 0.05) is 12.1 Å². The van der Waals surface area contributed by atoms with Crippen LogP contribution in [-0.4, -0.2) is 26.0 Å². The third kappa shape index (κ3) is 4.48. The number of phenolic OH excluding ortho intramolecular Hbond substituents is 1. The number of aromatic hydroxyl groups is 1. The Kier molecular flexibility index (Phi) is 5.42. The molecule has 10 nitrogen and oxygen atoms in total. The summed E-state index contributed by atoms with van der Waals surface area (Å²) in [5.41, 5.74) is -0.420. The van der Waals surface area contributed by atoms with E-state index in [1.54, 1.807) is 19.1 Å². The standard InChI is InChI=1S/C15H12N4O6S/c1-8-2-3-13(20)12(4-8)16-15(26)17-14(21)9-5-10(18(22)23)7-11(6-9)19(24)25/h2-7,20H,1H3,(H2,16,17,21,26). The molecule has 0 aliphatic heterocycles. The second kappa shape index (κ2) is 7.53. The van der Waals surface area contributed by atoms with Gasteiger partial charge in [0.15, 0.2) is 5.11 Å². The number of anilines is 1. The van der Waals surface area contributed by atoms with E-state index in [0.29, 0.717) is 0 Å². The van der Waals surface area contributed by atoms with Crippen molar-refractivity contribution >= 4 is 40.3 Å². The zero-order chi connectivity index (χ0) is 19.4. The zero-order valence-corrected chi connectivity index (χ0v) is 14.1. The van der Waals surface area contributed by atoms with Gasteiger partial charge in [-0.2, -0.15) is 0 Å². The molecular formula is C15H12N4O6S. The quantitative estimate of drug-likeness (QED) is 0.319. The van der Waals surface area contributed by atoms with Crippen LogP contribution in [0.5, 0.6) is 5.75 Å². The highest BCUT2D eigenvalue weighted by atomic mass is 32.1. The van der Waals surface area contributed by atoms with E-state index < -0.39 is 27.1 Å². The van der Waals surface area contributed by atoms with E-state index in [2.05, 4.69) is 10.6 Å². The van der Waals surface area contributed by atoms with Crippen molar-refractivity contribution in [3.63, 3.8) is 0 Å². The molecule has 0 bridgehead atoms. The molecule has 0 atom stereocenters. The predicted octanol–water partition coefficient (Wildman–Crippen LogP) is 2.64.